The number of nitrogens with two attached hydrogens (primary N) is 1. The second-order valence-electron chi connectivity index (χ2n) is 1.55. The molecule has 1 amide bonds. The molecule has 1 saturated carbocycles. The van der Waals surface area contributed by atoms with Gasteiger partial charge in [0.05, 0.1) is 0 Å². The summed E-state index contributed by atoms with van der Waals surface area (Å²) < 4.78 is 0. The second kappa shape index (κ2) is 5.47. The van der Waals surface area contributed by atoms with Crippen molar-refractivity contribution in [3.05, 3.63) is 0 Å². The quantitative estimate of drug-likeness (QED) is 0.455. The van der Waals surface area contributed by atoms with E-state index in [2.05, 4.69) is 5.73 Å². The molecular formula is C5H13NO. The van der Waals surface area contributed by atoms with E-state index in [4.69, 9.17) is 4.79 Å². The van der Waals surface area contributed by atoms with E-state index in [1.165, 1.54) is 25.7 Å². The van der Waals surface area contributed by atoms with Gasteiger partial charge in [0.2, 0.25) is 6.41 Å². The summed E-state index contributed by atoms with van der Waals surface area (Å²) in [5.74, 6) is 0. The van der Waals surface area contributed by atoms with Gasteiger partial charge in [-0.1, -0.05) is 25.7 Å². The monoisotopic (exact) mass is 103 g/mol. The molecule has 0 aromatic carbocycles. The van der Waals surface area contributed by atoms with Crippen LogP contribution in [0.25, 0.3) is 0 Å². The SMILES string of the molecule is C1CCC1.NC=O.[HH]. The first-order valence-corrected chi connectivity index (χ1v) is 2.57. The lowest BCUT2D eigenvalue weighted by atomic mass is 10.0. The van der Waals surface area contributed by atoms with Crippen LogP contribution >= 0.6 is 0 Å². The lowest BCUT2D eigenvalue weighted by molar-refractivity contribution is -0.106. The predicted octanol–water partition coefficient (Wildman–Crippen LogP) is 0.908. The van der Waals surface area contributed by atoms with Gasteiger partial charge in [-0.15, -0.1) is 0 Å². The first-order valence-electron chi connectivity index (χ1n) is 2.57. The van der Waals surface area contributed by atoms with E-state index < -0.39 is 0 Å². The van der Waals surface area contributed by atoms with E-state index in [9.17, 15) is 0 Å². The predicted molar refractivity (Wildman–Crippen MR) is 30.8 cm³/mol. The summed E-state index contributed by atoms with van der Waals surface area (Å²) in [6.07, 6.45) is 6.25. The highest BCUT2D eigenvalue weighted by Crippen LogP contribution is 2.15. The summed E-state index contributed by atoms with van der Waals surface area (Å²) >= 11 is 0. The summed E-state index contributed by atoms with van der Waals surface area (Å²) in [7, 11) is 0. The van der Waals surface area contributed by atoms with Gasteiger partial charge in [-0.05, 0) is 0 Å². The van der Waals surface area contributed by atoms with Gasteiger partial charge in [-0.25, -0.2) is 0 Å². The number of rotatable bonds is 0. The van der Waals surface area contributed by atoms with Crippen molar-refractivity contribution in [1.29, 1.82) is 0 Å². The standard InChI is InChI=1S/C4H8.CH3NO.H2/c1-2-4-3-1;2-1-3;/h1-4H2;1H,(H2,2,3);1H. The summed E-state index contributed by atoms with van der Waals surface area (Å²) in [6.45, 7) is 0. The van der Waals surface area contributed by atoms with Crippen LogP contribution in [0.2, 0.25) is 0 Å². The molecule has 1 rings (SSSR count). The van der Waals surface area contributed by atoms with E-state index in [1.807, 2.05) is 0 Å². The molecule has 0 spiro atoms. The molecule has 0 heterocycles. The third kappa shape index (κ3) is 5.47. The van der Waals surface area contributed by atoms with Crippen LogP contribution in [0.4, 0.5) is 0 Å². The fourth-order valence-electron chi connectivity index (χ4n) is 0.250. The molecule has 2 nitrogen and oxygen atoms in total. The van der Waals surface area contributed by atoms with E-state index in [1.54, 1.807) is 0 Å². The third-order valence-corrected chi connectivity index (χ3v) is 1.000. The maximum absolute atomic E-state index is 8.58. The topological polar surface area (TPSA) is 43.1 Å². The summed E-state index contributed by atoms with van der Waals surface area (Å²) in [5, 5.41) is 0. The third-order valence-electron chi connectivity index (χ3n) is 1.000. The Kier molecular flexibility index (Phi) is 5.06. The number of carbonyl (C=O) groups excluding carboxylic acids is 1. The molecule has 0 saturated heterocycles. The lowest BCUT2D eigenvalue weighted by Crippen LogP contribution is -1.85. The largest absolute Gasteiger partial charge is 0.372 e. The minimum Gasteiger partial charge on any atom is -0.372 e. The molecule has 0 aromatic heterocycles. The van der Waals surface area contributed by atoms with E-state index in [-0.39, 0.29) is 7.84 Å². The van der Waals surface area contributed by atoms with Gasteiger partial charge in [0.15, 0.2) is 0 Å². The number of primary amides is 1. The van der Waals surface area contributed by atoms with Crippen molar-refractivity contribution in [3.63, 3.8) is 0 Å². The van der Waals surface area contributed by atoms with Crippen LogP contribution in [-0.4, -0.2) is 6.41 Å². The Morgan fingerprint density at radius 3 is 1.43 bits per heavy atom. The Bertz CT molecular complexity index is 41.7. The highest BCUT2D eigenvalue weighted by molar-refractivity contribution is 5.42. The van der Waals surface area contributed by atoms with Crippen LogP contribution in [0.15, 0.2) is 0 Å². The molecule has 44 valence electrons. The summed E-state index contributed by atoms with van der Waals surface area (Å²) in [5.41, 5.74) is 4.17. The highest BCUT2D eigenvalue weighted by Gasteiger charge is 1.95. The molecule has 1 fully saturated rings. The Balaban J connectivity index is 0. The average molecular weight is 103 g/mol. The van der Waals surface area contributed by atoms with Gasteiger partial charge in [-0.3, -0.25) is 4.79 Å². The number of hydrogen-bond acceptors (Lipinski definition) is 1. The van der Waals surface area contributed by atoms with Crippen molar-refractivity contribution < 1.29 is 6.22 Å². The second-order valence-corrected chi connectivity index (χ2v) is 1.55. The van der Waals surface area contributed by atoms with Crippen LogP contribution in [0.1, 0.15) is 27.1 Å². The van der Waals surface area contributed by atoms with Crippen molar-refractivity contribution in [2.24, 2.45) is 5.73 Å². The maximum Gasteiger partial charge on any atom is 0.204 e. The van der Waals surface area contributed by atoms with Crippen LogP contribution in [-0.2, 0) is 4.79 Å². The fourth-order valence-corrected chi connectivity index (χ4v) is 0.250. The molecular weight excluding hydrogens is 90.1 g/mol. The molecule has 0 unspecified atom stereocenters. The van der Waals surface area contributed by atoms with Crippen molar-refractivity contribution >= 4 is 6.41 Å². The van der Waals surface area contributed by atoms with Crippen LogP contribution < -0.4 is 5.73 Å². The van der Waals surface area contributed by atoms with Gasteiger partial charge < -0.3 is 5.73 Å². The van der Waals surface area contributed by atoms with Crippen LogP contribution in [0.5, 0.6) is 0 Å². The number of hydrogen-bond donors (Lipinski definition) is 1. The molecule has 0 radical (unpaired) electrons. The van der Waals surface area contributed by atoms with Gasteiger partial charge in [0, 0.05) is 1.43 Å². The van der Waals surface area contributed by atoms with E-state index in [0.29, 0.717) is 0 Å². The molecule has 0 aromatic rings. The smallest absolute Gasteiger partial charge is 0.204 e. The van der Waals surface area contributed by atoms with Crippen LogP contribution in [0.3, 0.4) is 0 Å². The van der Waals surface area contributed by atoms with Crippen molar-refractivity contribution in [2.45, 2.75) is 25.7 Å². The zero-order valence-electron chi connectivity index (χ0n) is 4.39. The summed E-state index contributed by atoms with van der Waals surface area (Å²) in [6, 6.07) is 0. The zero-order valence-corrected chi connectivity index (χ0v) is 4.39. The first kappa shape index (κ1) is 6.47. The van der Waals surface area contributed by atoms with Gasteiger partial charge in [0.25, 0.3) is 0 Å². The summed E-state index contributed by atoms with van der Waals surface area (Å²) in [4.78, 5) is 8.58. The number of carbonyl (C=O) groups is 1. The van der Waals surface area contributed by atoms with Gasteiger partial charge in [-0.2, -0.15) is 0 Å². The average Bonchev–Trinajstić information content (AvgIpc) is 1.27. The maximum atomic E-state index is 8.58. The van der Waals surface area contributed by atoms with Crippen molar-refractivity contribution in [2.75, 3.05) is 0 Å². The molecule has 0 aliphatic heterocycles. The Labute approximate surface area is 45.2 Å². The molecule has 1 aliphatic rings. The van der Waals surface area contributed by atoms with E-state index in [0.717, 1.165) is 0 Å². The van der Waals surface area contributed by atoms with E-state index >= 15 is 0 Å². The van der Waals surface area contributed by atoms with Gasteiger partial charge in [0.1, 0.15) is 0 Å². The minimum atomic E-state index is 0. The molecule has 7 heavy (non-hydrogen) atoms. The Morgan fingerprint density at radius 1 is 1.29 bits per heavy atom. The molecule has 0 bridgehead atoms. The van der Waals surface area contributed by atoms with Gasteiger partial charge >= 0.3 is 0 Å². The van der Waals surface area contributed by atoms with Crippen LogP contribution in [0, 0.1) is 0 Å². The normalized spacial score (nSPS) is 15.4. The molecule has 0 atom stereocenters. The molecule has 2 heteroatoms. The fraction of sp³-hybridized carbons (Fsp3) is 0.800. The number of amides is 1. The van der Waals surface area contributed by atoms with Crippen molar-refractivity contribution in [3.8, 4) is 0 Å². The zero-order chi connectivity index (χ0) is 5.54. The first-order chi connectivity index (χ1) is 3.41. The minimum absolute atomic E-state index is 0. The highest BCUT2D eigenvalue weighted by atomic mass is 16.1. The molecule has 1 aliphatic carbocycles. The van der Waals surface area contributed by atoms with Crippen molar-refractivity contribution in [1.82, 2.24) is 0 Å². The Hall–Kier alpha value is -0.530. The Morgan fingerprint density at radius 2 is 1.43 bits per heavy atom. The lowest BCUT2D eigenvalue weighted by Gasteiger charge is -2.05. The molecule has 2 N–H and O–H groups in total.